The van der Waals surface area contributed by atoms with Crippen LogP contribution in [0.4, 0.5) is 5.69 Å². The molecular weight excluding hydrogens is 350 g/mol. The summed E-state index contributed by atoms with van der Waals surface area (Å²) in [4.78, 5) is 38.4. The van der Waals surface area contributed by atoms with E-state index >= 15 is 0 Å². The number of β-amino-alcohol motifs (C(OH)–C–C–N with tert-alkyl or cyclic N) is 1. The van der Waals surface area contributed by atoms with Crippen LogP contribution in [0.5, 0.6) is 0 Å². The predicted molar refractivity (Wildman–Crippen MR) is 97.6 cm³/mol. The molecule has 1 aromatic rings. The molecular formula is C19H23N3O5. The number of anilines is 1. The number of methoxy groups -OCH3 is 1. The van der Waals surface area contributed by atoms with E-state index in [1.165, 1.54) is 12.0 Å². The van der Waals surface area contributed by atoms with Crippen molar-refractivity contribution >= 4 is 23.5 Å². The Morgan fingerprint density at radius 1 is 1.37 bits per heavy atom. The average molecular weight is 373 g/mol. The van der Waals surface area contributed by atoms with Crippen LogP contribution in [-0.4, -0.2) is 54.6 Å². The third-order valence-corrected chi connectivity index (χ3v) is 5.06. The molecule has 0 atom stereocenters. The van der Waals surface area contributed by atoms with Gasteiger partial charge >= 0.3 is 5.97 Å². The monoisotopic (exact) mass is 373 g/mol. The Labute approximate surface area is 157 Å². The van der Waals surface area contributed by atoms with E-state index in [-0.39, 0.29) is 42.8 Å². The molecule has 8 nitrogen and oxygen atoms in total. The van der Waals surface area contributed by atoms with Crippen molar-refractivity contribution in [3.8, 4) is 0 Å². The molecule has 1 aromatic carbocycles. The molecule has 3 rings (SSSR count). The third-order valence-electron chi connectivity index (χ3n) is 5.06. The number of benzene rings is 1. The standard InChI is InChI=1S/C19H23N3O5/c1-19(2)13-5-4-6-14(11(13)9-20-18(19)26)21-15-12(17(25)27-3)10-22(7-8-23)16(15)24/h4-6,21,23H,7-10H2,1-3H3,(H,20,26). The Bertz CT molecular complexity index is 844. The van der Waals surface area contributed by atoms with Crippen molar-refractivity contribution in [1.82, 2.24) is 10.2 Å². The summed E-state index contributed by atoms with van der Waals surface area (Å²) >= 11 is 0. The van der Waals surface area contributed by atoms with Gasteiger partial charge in [0.25, 0.3) is 5.91 Å². The summed E-state index contributed by atoms with van der Waals surface area (Å²) in [6.07, 6.45) is 0. The first-order valence-electron chi connectivity index (χ1n) is 8.70. The van der Waals surface area contributed by atoms with Crippen LogP contribution in [0, 0.1) is 0 Å². The lowest BCUT2D eigenvalue weighted by Crippen LogP contribution is -2.45. The van der Waals surface area contributed by atoms with Crippen LogP contribution < -0.4 is 10.6 Å². The SMILES string of the molecule is COC(=O)C1=C(Nc2cccc3c2CNC(=O)C3(C)C)C(=O)N(CCO)C1. The van der Waals surface area contributed by atoms with Crippen LogP contribution in [0.25, 0.3) is 0 Å². The van der Waals surface area contributed by atoms with Gasteiger partial charge in [0.15, 0.2) is 0 Å². The molecule has 2 aliphatic rings. The summed E-state index contributed by atoms with van der Waals surface area (Å²) in [5.41, 5.74) is 2.04. The van der Waals surface area contributed by atoms with E-state index in [1.807, 2.05) is 26.0 Å². The lowest BCUT2D eigenvalue weighted by molar-refractivity contribution is -0.136. The second kappa shape index (κ2) is 7.03. The zero-order chi connectivity index (χ0) is 19.8. The molecule has 144 valence electrons. The van der Waals surface area contributed by atoms with Crippen molar-refractivity contribution in [2.75, 3.05) is 32.1 Å². The number of esters is 1. The van der Waals surface area contributed by atoms with Crippen LogP contribution >= 0.6 is 0 Å². The van der Waals surface area contributed by atoms with E-state index in [2.05, 4.69) is 10.6 Å². The van der Waals surface area contributed by atoms with Gasteiger partial charge in [0, 0.05) is 18.8 Å². The minimum absolute atomic E-state index is 0.0623. The average Bonchev–Trinajstić information content (AvgIpc) is 2.95. The molecule has 27 heavy (non-hydrogen) atoms. The van der Waals surface area contributed by atoms with Crippen LogP contribution in [0.3, 0.4) is 0 Å². The van der Waals surface area contributed by atoms with E-state index in [4.69, 9.17) is 9.84 Å². The Hall–Kier alpha value is -2.87. The van der Waals surface area contributed by atoms with Gasteiger partial charge in [-0.15, -0.1) is 0 Å². The first-order valence-corrected chi connectivity index (χ1v) is 8.70. The smallest absolute Gasteiger partial charge is 0.337 e. The van der Waals surface area contributed by atoms with E-state index in [0.29, 0.717) is 12.2 Å². The third kappa shape index (κ3) is 3.16. The molecule has 0 fully saturated rings. The minimum Gasteiger partial charge on any atom is -0.466 e. The predicted octanol–water partition coefficient (Wildman–Crippen LogP) is 0.268. The van der Waals surface area contributed by atoms with Crippen molar-refractivity contribution < 1.29 is 24.2 Å². The van der Waals surface area contributed by atoms with Gasteiger partial charge in [-0.3, -0.25) is 9.59 Å². The minimum atomic E-state index is -0.701. The number of hydrogen-bond acceptors (Lipinski definition) is 6. The number of nitrogens with zero attached hydrogens (tertiary/aromatic N) is 1. The molecule has 2 aliphatic heterocycles. The Morgan fingerprint density at radius 2 is 2.11 bits per heavy atom. The molecule has 0 bridgehead atoms. The molecule has 8 heteroatoms. The summed E-state index contributed by atoms with van der Waals surface area (Å²) in [6.45, 7) is 4.01. The summed E-state index contributed by atoms with van der Waals surface area (Å²) < 4.78 is 4.80. The molecule has 0 spiro atoms. The number of aliphatic hydroxyl groups excluding tert-OH is 1. The van der Waals surface area contributed by atoms with E-state index < -0.39 is 11.4 Å². The molecule has 2 amide bonds. The molecule has 0 aliphatic carbocycles. The molecule has 0 saturated carbocycles. The van der Waals surface area contributed by atoms with Crippen LogP contribution in [0.2, 0.25) is 0 Å². The first-order chi connectivity index (χ1) is 12.8. The number of aliphatic hydroxyl groups is 1. The summed E-state index contributed by atoms with van der Waals surface area (Å²) in [5.74, 6) is -1.03. The van der Waals surface area contributed by atoms with Crippen molar-refractivity contribution in [3.63, 3.8) is 0 Å². The lowest BCUT2D eigenvalue weighted by atomic mass is 9.78. The number of ether oxygens (including phenoxy) is 1. The highest BCUT2D eigenvalue weighted by atomic mass is 16.5. The fraction of sp³-hybridized carbons (Fsp3) is 0.421. The normalized spacial score (nSPS) is 18.3. The van der Waals surface area contributed by atoms with Crippen molar-refractivity contribution in [2.24, 2.45) is 0 Å². The van der Waals surface area contributed by atoms with Gasteiger partial charge in [0.2, 0.25) is 5.91 Å². The molecule has 0 saturated heterocycles. The zero-order valence-corrected chi connectivity index (χ0v) is 15.6. The molecule has 2 heterocycles. The largest absolute Gasteiger partial charge is 0.466 e. The first kappa shape index (κ1) is 18.9. The molecule has 0 unspecified atom stereocenters. The molecule has 0 radical (unpaired) electrons. The summed E-state index contributed by atoms with van der Waals surface area (Å²) in [6, 6.07) is 5.50. The number of nitrogens with one attached hydrogen (secondary N) is 2. The highest BCUT2D eigenvalue weighted by Gasteiger charge is 2.38. The van der Waals surface area contributed by atoms with Gasteiger partial charge in [-0.05, 0) is 31.0 Å². The number of carbonyl (C=O) groups excluding carboxylic acids is 3. The van der Waals surface area contributed by atoms with Gasteiger partial charge in [0.05, 0.1) is 31.2 Å². The maximum atomic E-state index is 12.7. The second-order valence-electron chi connectivity index (χ2n) is 7.06. The quantitative estimate of drug-likeness (QED) is 0.640. The summed E-state index contributed by atoms with van der Waals surface area (Å²) in [7, 11) is 1.26. The molecule has 3 N–H and O–H groups in total. The Kier molecular flexibility index (Phi) is 4.93. The highest BCUT2D eigenvalue weighted by molar-refractivity contribution is 6.08. The summed E-state index contributed by atoms with van der Waals surface area (Å²) in [5, 5.41) is 15.1. The second-order valence-corrected chi connectivity index (χ2v) is 7.06. The number of rotatable bonds is 5. The Morgan fingerprint density at radius 3 is 2.78 bits per heavy atom. The molecule has 0 aromatic heterocycles. The van der Waals surface area contributed by atoms with Crippen molar-refractivity contribution in [2.45, 2.75) is 25.8 Å². The number of hydrogen-bond donors (Lipinski definition) is 3. The number of fused-ring (bicyclic) bond motifs is 1. The fourth-order valence-electron chi connectivity index (χ4n) is 3.48. The van der Waals surface area contributed by atoms with E-state index in [9.17, 15) is 14.4 Å². The van der Waals surface area contributed by atoms with Gasteiger partial charge < -0.3 is 25.4 Å². The maximum absolute atomic E-state index is 12.7. The number of amides is 2. The van der Waals surface area contributed by atoms with E-state index in [0.717, 1.165) is 11.1 Å². The van der Waals surface area contributed by atoms with Gasteiger partial charge in [-0.2, -0.15) is 0 Å². The van der Waals surface area contributed by atoms with Crippen LogP contribution in [-0.2, 0) is 31.1 Å². The lowest BCUT2D eigenvalue weighted by Gasteiger charge is -2.33. The number of carbonyl (C=O) groups is 3. The van der Waals surface area contributed by atoms with Crippen molar-refractivity contribution in [3.05, 3.63) is 40.6 Å². The fourth-order valence-corrected chi connectivity index (χ4v) is 3.48. The zero-order valence-electron chi connectivity index (χ0n) is 15.6. The highest BCUT2D eigenvalue weighted by Crippen LogP contribution is 2.35. The van der Waals surface area contributed by atoms with Gasteiger partial charge in [-0.25, -0.2) is 4.79 Å². The maximum Gasteiger partial charge on any atom is 0.337 e. The van der Waals surface area contributed by atoms with Crippen LogP contribution in [0.15, 0.2) is 29.5 Å². The van der Waals surface area contributed by atoms with Crippen LogP contribution in [0.1, 0.15) is 25.0 Å². The van der Waals surface area contributed by atoms with Crippen molar-refractivity contribution in [1.29, 1.82) is 0 Å². The van der Waals surface area contributed by atoms with E-state index in [1.54, 1.807) is 6.07 Å². The topological polar surface area (TPSA) is 108 Å². The van der Waals surface area contributed by atoms with Gasteiger partial charge in [-0.1, -0.05) is 12.1 Å². The Balaban J connectivity index is 2.01. The van der Waals surface area contributed by atoms with Gasteiger partial charge in [0.1, 0.15) is 5.70 Å².